The summed E-state index contributed by atoms with van der Waals surface area (Å²) in [6.45, 7) is 2.83. The minimum absolute atomic E-state index is 0.375. The van der Waals surface area contributed by atoms with Crippen molar-refractivity contribution in [1.82, 2.24) is 0 Å². The average Bonchev–Trinajstić information content (AvgIpc) is 2.38. The Labute approximate surface area is 112 Å². The molecular formula is C14H19NO2S. The average molecular weight is 265 g/mol. The number of nitrogens with one attached hydrogen (secondary N) is 1. The summed E-state index contributed by atoms with van der Waals surface area (Å²) in [6.07, 6.45) is 2.46. The third-order valence-corrected chi connectivity index (χ3v) is 4.46. The Kier molecular flexibility index (Phi) is 4.53. The molecule has 0 aliphatic carbocycles. The number of hydrogen-bond acceptors (Lipinski definition) is 3. The van der Waals surface area contributed by atoms with Crippen molar-refractivity contribution >= 4 is 23.4 Å². The monoisotopic (exact) mass is 265 g/mol. The van der Waals surface area contributed by atoms with Crippen LogP contribution in [0.1, 0.15) is 28.8 Å². The highest BCUT2D eigenvalue weighted by atomic mass is 32.2. The topological polar surface area (TPSA) is 49.3 Å². The summed E-state index contributed by atoms with van der Waals surface area (Å²) in [4.78, 5) is 11.2. The Morgan fingerprint density at radius 2 is 2.17 bits per heavy atom. The number of aromatic carboxylic acids is 1. The lowest BCUT2D eigenvalue weighted by Crippen LogP contribution is -2.20. The number of aryl methyl sites for hydroxylation is 1. The van der Waals surface area contributed by atoms with Crippen LogP contribution in [0, 0.1) is 12.8 Å². The summed E-state index contributed by atoms with van der Waals surface area (Å²) in [5, 5.41) is 12.5. The molecule has 1 heterocycles. The summed E-state index contributed by atoms with van der Waals surface area (Å²) in [5.74, 6) is 2.27. The number of para-hydroxylation sites is 1. The van der Waals surface area contributed by atoms with Crippen molar-refractivity contribution in [3.8, 4) is 0 Å². The fourth-order valence-electron chi connectivity index (χ4n) is 2.28. The quantitative estimate of drug-likeness (QED) is 0.877. The smallest absolute Gasteiger partial charge is 0.337 e. The van der Waals surface area contributed by atoms with Crippen molar-refractivity contribution in [1.29, 1.82) is 0 Å². The van der Waals surface area contributed by atoms with Gasteiger partial charge >= 0.3 is 5.97 Å². The summed E-state index contributed by atoms with van der Waals surface area (Å²) in [7, 11) is 0. The highest BCUT2D eigenvalue weighted by molar-refractivity contribution is 7.99. The van der Waals surface area contributed by atoms with Crippen LogP contribution in [0.4, 0.5) is 5.69 Å². The normalized spacial score (nSPS) is 16.5. The van der Waals surface area contributed by atoms with E-state index in [1.807, 2.05) is 24.8 Å². The Bertz CT molecular complexity index is 428. The van der Waals surface area contributed by atoms with E-state index in [-0.39, 0.29) is 0 Å². The maximum Gasteiger partial charge on any atom is 0.337 e. The first-order valence-electron chi connectivity index (χ1n) is 6.33. The van der Waals surface area contributed by atoms with E-state index in [0.717, 1.165) is 17.8 Å². The van der Waals surface area contributed by atoms with Crippen molar-refractivity contribution in [3.63, 3.8) is 0 Å². The predicted octanol–water partition coefficient (Wildman–Crippen LogP) is 3.25. The Balaban J connectivity index is 2.05. The van der Waals surface area contributed by atoms with E-state index in [2.05, 4.69) is 5.32 Å². The first kappa shape index (κ1) is 13.3. The molecular weight excluding hydrogens is 246 g/mol. The lowest BCUT2D eigenvalue weighted by Gasteiger charge is -2.23. The zero-order chi connectivity index (χ0) is 13.0. The van der Waals surface area contributed by atoms with Crippen LogP contribution < -0.4 is 5.32 Å². The zero-order valence-electron chi connectivity index (χ0n) is 10.6. The van der Waals surface area contributed by atoms with Crippen molar-refractivity contribution in [2.24, 2.45) is 5.92 Å². The lowest BCUT2D eigenvalue weighted by molar-refractivity contribution is 0.0698. The molecule has 1 saturated heterocycles. The fourth-order valence-corrected chi connectivity index (χ4v) is 3.48. The van der Waals surface area contributed by atoms with Crippen LogP contribution in [0.2, 0.25) is 0 Å². The van der Waals surface area contributed by atoms with Gasteiger partial charge in [0.1, 0.15) is 0 Å². The molecule has 0 spiro atoms. The third-order valence-electron chi connectivity index (χ3n) is 3.41. The SMILES string of the molecule is Cc1cccc(C(=O)O)c1NCC1CCSCC1. The van der Waals surface area contributed by atoms with Crippen LogP contribution in [0.5, 0.6) is 0 Å². The minimum atomic E-state index is -0.861. The first-order valence-corrected chi connectivity index (χ1v) is 7.48. The van der Waals surface area contributed by atoms with E-state index in [9.17, 15) is 9.90 Å². The van der Waals surface area contributed by atoms with Crippen LogP contribution in [-0.2, 0) is 0 Å². The van der Waals surface area contributed by atoms with Crippen molar-refractivity contribution in [2.75, 3.05) is 23.4 Å². The van der Waals surface area contributed by atoms with Crippen LogP contribution in [0.25, 0.3) is 0 Å². The molecule has 1 fully saturated rings. The van der Waals surface area contributed by atoms with Crippen molar-refractivity contribution in [2.45, 2.75) is 19.8 Å². The second kappa shape index (κ2) is 6.14. The molecule has 0 radical (unpaired) electrons. The number of carbonyl (C=O) groups is 1. The first-order chi connectivity index (χ1) is 8.68. The largest absolute Gasteiger partial charge is 0.478 e. The minimum Gasteiger partial charge on any atom is -0.478 e. The van der Waals surface area contributed by atoms with Crippen LogP contribution in [0.15, 0.2) is 18.2 Å². The molecule has 2 N–H and O–H groups in total. The van der Waals surface area contributed by atoms with E-state index < -0.39 is 5.97 Å². The van der Waals surface area contributed by atoms with Crippen molar-refractivity contribution < 1.29 is 9.90 Å². The number of hydrogen-bond donors (Lipinski definition) is 2. The molecule has 0 amide bonds. The molecule has 1 aromatic rings. The van der Waals surface area contributed by atoms with E-state index in [1.165, 1.54) is 24.3 Å². The molecule has 1 aliphatic rings. The highest BCUT2D eigenvalue weighted by Crippen LogP contribution is 2.25. The van der Waals surface area contributed by atoms with Crippen LogP contribution >= 0.6 is 11.8 Å². The molecule has 18 heavy (non-hydrogen) atoms. The van der Waals surface area contributed by atoms with Gasteiger partial charge in [-0.15, -0.1) is 0 Å². The van der Waals surface area contributed by atoms with Gasteiger partial charge in [0.2, 0.25) is 0 Å². The number of carboxylic acid groups (broad SMARTS) is 1. The Morgan fingerprint density at radius 1 is 1.44 bits per heavy atom. The summed E-state index contributed by atoms with van der Waals surface area (Å²) in [5.41, 5.74) is 2.16. The number of rotatable bonds is 4. The molecule has 98 valence electrons. The van der Waals surface area contributed by atoms with Gasteiger partial charge in [-0.1, -0.05) is 12.1 Å². The summed E-state index contributed by atoms with van der Waals surface area (Å²) in [6, 6.07) is 5.40. The second-order valence-corrected chi connectivity index (χ2v) is 5.96. The summed E-state index contributed by atoms with van der Waals surface area (Å²) < 4.78 is 0. The lowest BCUT2D eigenvalue weighted by atomic mass is 10.0. The van der Waals surface area contributed by atoms with Gasteiger partial charge in [-0.25, -0.2) is 4.79 Å². The zero-order valence-corrected chi connectivity index (χ0v) is 11.4. The molecule has 1 aliphatic heterocycles. The highest BCUT2D eigenvalue weighted by Gasteiger charge is 2.16. The maximum absolute atomic E-state index is 11.2. The molecule has 3 nitrogen and oxygen atoms in total. The molecule has 0 saturated carbocycles. The maximum atomic E-state index is 11.2. The van der Waals surface area contributed by atoms with Crippen LogP contribution in [-0.4, -0.2) is 29.1 Å². The second-order valence-electron chi connectivity index (χ2n) is 4.74. The third kappa shape index (κ3) is 3.19. The van der Waals surface area contributed by atoms with Gasteiger partial charge in [0, 0.05) is 6.54 Å². The Hall–Kier alpha value is -1.16. The van der Waals surface area contributed by atoms with Gasteiger partial charge < -0.3 is 10.4 Å². The molecule has 1 aromatic carbocycles. The fraction of sp³-hybridized carbons (Fsp3) is 0.500. The molecule has 2 rings (SSSR count). The Morgan fingerprint density at radius 3 is 2.83 bits per heavy atom. The van der Waals surface area contributed by atoms with Gasteiger partial charge in [-0.2, -0.15) is 11.8 Å². The van der Waals surface area contributed by atoms with Gasteiger partial charge in [0.05, 0.1) is 11.3 Å². The predicted molar refractivity (Wildman–Crippen MR) is 76.7 cm³/mol. The molecule has 4 heteroatoms. The number of carboxylic acids is 1. The van der Waals surface area contributed by atoms with E-state index >= 15 is 0 Å². The molecule has 0 atom stereocenters. The molecule has 0 aromatic heterocycles. The van der Waals surface area contributed by atoms with E-state index in [1.54, 1.807) is 12.1 Å². The van der Waals surface area contributed by atoms with Crippen LogP contribution in [0.3, 0.4) is 0 Å². The van der Waals surface area contributed by atoms with E-state index in [0.29, 0.717) is 11.5 Å². The van der Waals surface area contributed by atoms with Gasteiger partial charge in [0.25, 0.3) is 0 Å². The number of anilines is 1. The summed E-state index contributed by atoms with van der Waals surface area (Å²) >= 11 is 2.01. The molecule has 0 unspecified atom stereocenters. The van der Waals surface area contributed by atoms with Crippen molar-refractivity contribution in [3.05, 3.63) is 29.3 Å². The van der Waals surface area contributed by atoms with Gasteiger partial charge in [-0.3, -0.25) is 0 Å². The van der Waals surface area contributed by atoms with E-state index in [4.69, 9.17) is 0 Å². The number of thioether (sulfide) groups is 1. The van der Waals surface area contributed by atoms with Gasteiger partial charge in [0.15, 0.2) is 0 Å². The number of benzene rings is 1. The molecule has 0 bridgehead atoms. The standard InChI is InChI=1S/C14H19NO2S/c1-10-3-2-4-12(14(16)17)13(10)15-9-11-5-7-18-8-6-11/h2-4,11,15H,5-9H2,1H3,(H,16,17). The van der Waals surface area contributed by atoms with Gasteiger partial charge in [-0.05, 0) is 48.8 Å².